The molecule has 94 valence electrons. The zero-order valence-electron chi connectivity index (χ0n) is 9.07. The van der Waals surface area contributed by atoms with Gasteiger partial charge in [0.1, 0.15) is 0 Å². The Morgan fingerprint density at radius 1 is 1.00 bits per heavy atom. The fraction of sp³-hybridized carbons (Fsp3) is 0.0909. The normalized spacial score (nSPS) is 11.3. The van der Waals surface area contributed by atoms with Gasteiger partial charge in [-0.15, -0.1) is 10.2 Å². The number of alkyl halides is 3. The lowest BCUT2D eigenvalue weighted by atomic mass is 10.0. The lowest BCUT2D eigenvalue weighted by molar-refractivity contribution is -0.137. The summed E-state index contributed by atoms with van der Waals surface area (Å²) in [5.41, 5.74) is 1.64. The fourth-order valence-electron chi connectivity index (χ4n) is 1.51. The van der Waals surface area contributed by atoms with Crippen molar-refractivity contribution in [3.8, 4) is 11.3 Å². The Balaban J connectivity index is 2.50. The van der Waals surface area contributed by atoms with Crippen LogP contribution in [0.25, 0.3) is 11.3 Å². The number of halogens is 3. The Kier molecular flexibility index (Phi) is 3.15. The van der Waals surface area contributed by atoms with Gasteiger partial charge in [-0.05, 0) is 18.2 Å². The number of hydrazine groups is 1. The van der Waals surface area contributed by atoms with E-state index in [1.165, 1.54) is 30.3 Å². The second-order valence-corrected chi connectivity index (χ2v) is 3.49. The smallest absolute Gasteiger partial charge is 0.307 e. The van der Waals surface area contributed by atoms with E-state index in [0.29, 0.717) is 0 Å². The fourth-order valence-corrected chi connectivity index (χ4v) is 1.51. The van der Waals surface area contributed by atoms with Crippen LogP contribution in [0.4, 0.5) is 19.0 Å². The molecular formula is C11H9F3N4. The van der Waals surface area contributed by atoms with Gasteiger partial charge in [0.15, 0.2) is 5.82 Å². The van der Waals surface area contributed by atoms with Gasteiger partial charge in [-0.3, -0.25) is 0 Å². The molecule has 1 heterocycles. The average Bonchev–Trinajstić information content (AvgIpc) is 2.38. The standard InChI is InChI=1S/C11H9F3N4/c12-11(13,14)8-4-2-1-3-7(8)9-5-6-10(16-15)18-17-9/h1-6H,15H2,(H,16,18). The first-order chi connectivity index (χ1) is 8.52. The summed E-state index contributed by atoms with van der Waals surface area (Å²) in [5, 5.41) is 7.34. The highest BCUT2D eigenvalue weighted by molar-refractivity contribution is 5.64. The first-order valence-electron chi connectivity index (χ1n) is 4.99. The van der Waals surface area contributed by atoms with Gasteiger partial charge in [0.25, 0.3) is 0 Å². The number of nitrogens with two attached hydrogens (primary N) is 1. The minimum absolute atomic E-state index is 0.0129. The zero-order chi connectivity index (χ0) is 13.2. The van der Waals surface area contributed by atoms with Crippen molar-refractivity contribution in [3.63, 3.8) is 0 Å². The molecule has 1 aromatic heterocycles. The molecule has 0 bridgehead atoms. The Morgan fingerprint density at radius 3 is 2.28 bits per heavy atom. The maximum absolute atomic E-state index is 12.8. The molecule has 0 spiro atoms. The van der Waals surface area contributed by atoms with Crippen LogP contribution in [0.5, 0.6) is 0 Å². The molecule has 0 aliphatic rings. The molecule has 2 rings (SSSR count). The molecule has 0 saturated carbocycles. The molecule has 4 nitrogen and oxygen atoms in total. The van der Waals surface area contributed by atoms with Crippen molar-refractivity contribution in [2.24, 2.45) is 5.84 Å². The van der Waals surface area contributed by atoms with Crippen molar-refractivity contribution in [2.75, 3.05) is 5.43 Å². The van der Waals surface area contributed by atoms with E-state index < -0.39 is 11.7 Å². The van der Waals surface area contributed by atoms with Crippen LogP contribution in [-0.2, 0) is 6.18 Å². The van der Waals surface area contributed by atoms with Gasteiger partial charge in [-0.1, -0.05) is 18.2 Å². The van der Waals surface area contributed by atoms with Gasteiger partial charge in [-0.2, -0.15) is 13.2 Å². The highest BCUT2D eigenvalue weighted by Gasteiger charge is 2.33. The topological polar surface area (TPSA) is 63.8 Å². The van der Waals surface area contributed by atoms with E-state index in [1.54, 1.807) is 0 Å². The van der Waals surface area contributed by atoms with Crippen LogP contribution >= 0.6 is 0 Å². The first kappa shape index (κ1) is 12.3. The lowest BCUT2D eigenvalue weighted by Crippen LogP contribution is -2.10. The molecular weight excluding hydrogens is 245 g/mol. The molecule has 3 N–H and O–H groups in total. The summed E-state index contributed by atoms with van der Waals surface area (Å²) in [5.74, 6) is 5.39. The molecule has 7 heteroatoms. The van der Waals surface area contributed by atoms with Crippen LogP contribution in [0.2, 0.25) is 0 Å². The quantitative estimate of drug-likeness (QED) is 0.638. The minimum Gasteiger partial charge on any atom is -0.307 e. The molecule has 0 saturated heterocycles. The summed E-state index contributed by atoms with van der Waals surface area (Å²) in [6, 6.07) is 8.08. The van der Waals surface area contributed by atoms with E-state index in [-0.39, 0.29) is 17.1 Å². The van der Waals surface area contributed by atoms with Gasteiger partial charge in [0.05, 0.1) is 11.3 Å². The van der Waals surface area contributed by atoms with Gasteiger partial charge < -0.3 is 5.43 Å². The number of anilines is 1. The Labute approximate surface area is 101 Å². The second kappa shape index (κ2) is 4.61. The van der Waals surface area contributed by atoms with Crippen LogP contribution < -0.4 is 11.3 Å². The predicted octanol–water partition coefficient (Wildman–Crippen LogP) is 2.45. The van der Waals surface area contributed by atoms with Crippen LogP contribution in [0, 0.1) is 0 Å². The molecule has 1 aromatic carbocycles. The van der Waals surface area contributed by atoms with E-state index >= 15 is 0 Å². The first-order valence-corrected chi connectivity index (χ1v) is 4.99. The summed E-state index contributed by atoms with van der Waals surface area (Å²) in [6.45, 7) is 0. The number of nitrogen functional groups attached to an aromatic ring is 1. The van der Waals surface area contributed by atoms with Crippen molar-refractivity contribution in [1.29, 1.82) is 0 Å². The molecule has 18 heavy (non-hydrogen) atoms. The van der Waals surface area contributed by atoms with E-state index in [1.807, 2.05) is 0 Å². The van der Waals surface area contributed by atoms with Crippen molar-refractivity contribution in [3.05, 3.63) is 42.0 Å². The number of rotatable bonds is 2. The van der Waals surface area contributed by atoms with E-state index in [2.05, 4.69) is 15.6 Å². The molecule has 2 aromatic rings. The minimum atomic E-state index is -4.43. The van der Waals surface area contributed by atoms with Crippen molar-refractivity contribution >= 4 is 5.82 Å². The predicted molar refractivity (Wildman–Crippen MR) is 60.3 cm³/mol. The summed E-state index contributed by atoms with van der Waals surface area (Å²) < 4.78 is 38.4. The largest absolute Gasteiger partial charge is 0.417 e. The van der Waals surface area contributed by atoms with Gasteiger partial charge in [-0.25, -0.2) is 5.84 Å². The molecule has 0 amide bonds. The highest BCUT2D eigenvalue weighted by atomic mass is 19.4. The number of hydrogen-bond donors (Lipinski definition) is 2. The summed E-state index contributed by atoms with van der Waals surface area (Å²) >= 11 is 0. The number of nitrogens with one attached hydrogen (secondary N) is 1. The zero-order valence-corrected chi connectivity index (χ0v) is 9.07. The van der Waals surface area contributed by atoms with Gasteiger partial charge in [0, 0.05) is 5.56 Å². The average molecular weight is 254 g/mol. The van der Waals surface area contributed by atoms with Crippen LogP contribution in [0.15, 0.2) is 36.4 Å². The third-order valence-corrected chi connectivity index (χ3v) is 2.32. The van der Waals surface area contributed by atoms with Crippen LogP contribution in [-0.4, -0.2) is 10.2 Å². The van der Waals surface area contributed by atoms with Gasteiger partial charge >= 0.3 is 6.18 Å². The molecule has 0 radical (unpaired) electrons. The van der Waals surface area contributed by atoms with Crippen LogP contribution in [0.3, 0.4) is 0 Å². The number of aromatic nitrogens is 2. The maximum Gasteiger partial charge on any atom is 0.417 e. The molecule has 0 aliphatic carbocycles. The van der Waals surface area contributed by atoms with Gasteiger partial charge in [0.2, 0.25) is 0 Å². The SMILES string of the molecule is NNc1ccc(-c2ccccc2C(F)(F)F)nn1. The Morgan fingerprint density at radius 2 is 1.72 bits per heavy atom. The summed E-state index contributed by atoms with van der Waals surface area (Å²) in [4.78, 5) is 0. The van der Waals surface area contributed by atoms with Crippen LogP contribution in [0.1, 0.15) is 5.56 Å². The summed E-state index contributed by atoms with van der Waals surface area (Å²) in [6.07, 6.45) is -4.43. The van der Waals surface area contributed by atoms with E-state index in [4.69, 9.17) is 5.84 Å². The monoisotopic (exact) mass is 254 g/mol. The maximum atomic E-state index is 12.8. The summed E-state index contributed by atoms with van der Waals surface area (Å²) in [7, 11) is 0. The van der Waals surface area contributed by atoms with E-state index in [0.717, 1.165) is 6.07 Å². The van der Waals surface area contributed by atoms with Crippen molar-refractivity contribution in [1.82, 2.24) is 10.2 Å². The molecule has 0 aliphatic heterocycles. The van der Waals surface area contributed by atoms with Crippen molar-refractivity contribution < 1.29 is 13.2 Å². The van der Waals surface area contributed by atoms with E-state index in [9.17, 15) is 13.2 Å². The van der Waals surface area contributed by atoms with Crippen molar-refractivity contribution in [2.45, 2.75) is 6.18 Å². The third kappa shape index (κ3) is 2.40. The third-order valence-electron chi connectivity index (χ3n) is 2.32. The highest BCUT2D eigenvalue weighted by Crippen LogP contribution is 2.36. The molecule has 0 atom stereocenters. The Bertz CT molecular complexity index is 537. The number of benzene rings is 1. The molecule has 0 unspecified atom stereocenters. The Hall–Kier alpha value is -2.15. The number of hydrogen-bond acceptors (Lipinski definition) is 4. The second-order valence-electron chi connectivity index (χ2n) is 3.49. The molecule has 0 fully saturated rings. The lowest BCUT2D eigenvalue weighted by Gasteiger charge is -2.11. The number of nitrogens with zero attached hydrogens (tertiary/aromatic N) is 2.